The van der Waals surface area contributed by atoms with Gasteiger partial charge in [0.1, 0.15) is 0 Å². The number of hydrogen-bond acceptors (Lipinski definition) is 2. The van der Waals surface area contributed by atoms with Gasteiger partial charge in [-0.25, -0.2) is 4.79 Å². The number of likely N-dealkylation sites (tertiary alicyclic amines) is 1. The number of carboxylic acids is 1. The van der Waals surface area contributed by atoms with E-state index in [2.05, 4.69) is 16.7 Å². The van der Waals surface area contributed by atoms with Gasteiger partial charge in [-0.05, 0) is 26.4 Å². The van der Waals surface area contributed by atoms with E-state index in [0.717, 1.165) is 19.4 Å². The molecule has 0 bridgehead atoms. The van der Waals surface area contributed by atoms with E-state index in [0.29, 0.717) is 0 Å². The highest BCUT2D eigenvalue weighted by molar-refractivity contribution is 5.86. The van der Waals surface area contributed by atoms with Gasteiger partial charge in [0.2, 0.25) is 0 Å². The van der Waals surface area contributed by atoms with Crippen LogP contribution in [0, 0.1) is 11.8 Å². The van der Waals surface area contributed by atoms with Crippen molar-refractivity contribution in [2.75, 3.05) is 13.6 Å². The third kappa shape index (κ3) is 2.24. The van der Waals surface area contributed by atoms with E-state index < -0.39 is 5.97 Å². The van der Waals surface area contributed by atoms with Crippen molar-refractivity contribution < 1.29 is 9.90 Å². The van der Waals surface area contributed by atoms with E-state index in [1.54, 1.807) is 0 Å². The third-order valence-corrected chi connectivity index (χ3v) is 1.87. The molecule has 1 unspecified atom stereocenters. The first-order chi connectivity index (χ1) is 5.20. The number of carboxylic acid groups (broad SMARTS) is 1. The van der Waals surface area contributed by atoms with E-state index in [4.69, 9.17) is 5.11 Å². The Kier molecular flexibility index (Phi) is 2.50. The van der Waals surface area contributed by atoms with E-state index in [1.165, 1.54) is 0 Å². The highest BCUT2D eigenvalue weighted by Gasteiger charge is 2.17. The molecule has 0 aromatic rings. The van der Waals surface area contributed by atoms with Crippen molar-refractivity contribution in [2.45, 2.75) is 18.9 Å². The van der Waals surface area contributed by atoms with Crippen LogP contribution in [-0.4, -0.2) is 35.6 Å². The van der Waals surface area contributed by atoms with Crippen LogP contribution in [0.15, 0.2) is 0 Å². The van der Waals surface area contributed by atoms with Crippen molar-refractivity contribution in [3.63, 3.8) is 0 Å². The monoisotopic (exact) mass is 153 g/mol. The summed E-state index contributed by atoms with van der Waals surface area (Å²) in [4.78, 5) is 12.1. The van der Waals surface area contributed by atoms with Gasteiger partial charge in [0, 0.05) is 5.92 Å². The average molecular weight is 153 g/mol. The van der Waals surface area contributed by atoms with Gasteiger partial charge in [0.05, 0.1) is 6.04 Å². The van der Waals surface area contributed by atoms with E-state index in [1.807, 2.05) is 7.05 Å². The summed E-state index contributed by atoms with van der Waals surface area (Å²) in [7, 11) is 1.97. The zero-order valence-corrected chi connectivity index (χ0v) is 6.50. The minimum Gasteiger partial charge on any atom is -0.472 e. The van der Waals surface area contributed by atoms with Crippen molar-refractivity contribution in [2.24, 2.45) is 0 Å². The molecule has 1 N–H and O–H groups in total. The lowest BCUT2D eigenvalue weighted by molar-refractivity contribution is -0.130. The standard InChI is InChI=1S/C8H11NO2/c1-9-6-2-3-7(9)4-5-8(10)11/h7H,2-3,6H2,1H3,(H,10,11). The highest BCUT2D eigenvalue weighted by atomic mass is 16.4. The first-order valence-electron chi connectivity index (χ1n) is 3.65. The zero-order valence-electron chi connectivity index (χ0n) is 6.50. The number of carbonyl (C=O) groups is 1. The van der Waals surface area contributed by atoms with Crippen LogP contribution >= 0.6 is 0 Å². The second-order valence-electron chi connectivity index (χ2n) is 2.71. The number of rotatable bonds is 0. The summed E-state index contributed by atoms with van der Waals surface area (Å²) in [6.45, 7) is 1.03. The van der Waals surface area contributed by atoms with Gasteiger partial charge in [0.15, 0.2) is 0 Å². The van der Waals surface area contributed by atoms with Gasteiger partial charge in [-0.15, -0.1) is 0 Å². The van der Waals surface area contributed by atoms with Gasteiger partial charge < -0.3 is 5.11 Å². The Hall–Kier alpha value is -1.01. The molecule has 60 valence electrons. The van der Waals surface area contributed by atoms with Gasteiger partial charge in [-0.1, -0.05) is 5.92 Å². The summed E-state index contributed by atoms with van der Waals surface area (Å²) >= 11 is 0. The van der Waals surface area contributed by atoms with Gasteiger partial charge >= 0.3 is 5.97 Å². The van der Waals surface area contributed by atoms with Crippen molar-refractivity contribution in [3.8, 4) is 11.8 Å². The van der Waals surface area contributed by atoms with Gasteiger partial charge in [-0.2, -0.15) is 0 Å². The van der Waals surface area contributed by atoms with Gasteiger partial charge in [-0.3, -0.25) is 4.90 Å². The Labute approximate surface area is 66.0 Å². The average Bonchev–Trinajstić information content (AvgIpc) is 2.31. The minimum atomic E-state index is -1.04. The van der Waals surface area contributed by atoms with Crippen molar-refractivity contribution >= 4 is 5.97 Å². The Bertz CT molecular complexity index is 214. The summed E-state index contributed by atoms with van der Waals surface area (Å²) in [5.41, 5.74) is 0. The Morgan fingerprint density at radius 1 is 1.73 bits per heavy atom. The quantitative estimate of drug-likeness (QED) is 0.504. The Balaban J connectivity index is 2.50. The van der Waals surface area contributed by atoms with Crippen LogP contribution in [0.2, 0.25) is 0 Å². The fraction of sp³-hybridized carbons (Fsp3) is 0.625. The zero-order chi connectivity index (χ0) is 8.27. The Morgan fingerprint density at radius 2 is 2.45 bits per heavy atom. The molecular formula is C8H11NO2. The lowest BCUT2D eigenvalue weighted by Crippen LogP contribution is -2.23. The highest BCUT2D eigenvalue weighted by Crippen LogP contribution is 2.12. The summed E-state index contributed by atoms with van der Waals surface area (Å²) < 4.78 is 0. The number of hydrogen-bond donors (Lipinski definition) is 1. The normalized spacial score (nSPS) is 24.3. The Morgan fingerprint density at radius 3 is 2.91 bits per heavy atom. The molecule has 0 aromatic heterocycles. The van der Waals surface area contributed by atoms with Crippen molar-refractivity contribution in [1.29, 1.82) is 0 Å². The van der Waals surface area contributed by atoms with E-state index in [-0.39, 0.29) is 6.04 Å². The van der Waals surface area contributed by atoms with Crippen LogP contribution in [-0.2, 0) is 4.79 Å². The lowest BCUT2D eigenvalue weighted by atomic mass is 10.2. The fourth-order valence-electron chi connectivity index (χ4n) is 1.24. The van der Waals surface area contributed by atoms with Gasteiger partial charge in [0.25, 0.3) is 0 Å². The molecule has 1 atom stereocenters. The molecule has 1 rings (SSSR count). The van der Waals surface area contributed by atoms with Crippen molar-refractivity contribution in [1.82, 2.24) is 4.90 Å². The summed E-state index contributed by atoms with van der Waals surface area (Å²) in [6.07, 6.45) is 2.12. The van der Waals surface area contributed by atoms with Crippen LogP contribution in [0.3, 0.4) is 0 Å². The molecule has 1 aliphatic heterocycles. The predicted octanol–water partition coefficient (Wildman–Crippen LogP) is 0.169. The van der Waals surface area contributed by atoms with Crippen LogP contribution in [0.25, 0.3) is 0 Å². The molecule has 1 fully saturated rings. The number of aliphatic carboxylic acids is 1. The molecular weight excluding hydrogens is 142 g/mol. The first kappa shape index (κ1) is 8.09. The van der Waals surface area contributed by atoms with Crippen LogP contribution in [0.1, 0.15) is 12.8 Å². The molecule has 1 aliphatic rings. The van der Waals surface area contributed by atoms with Crippen LogP contribution in [0.5, 0.6) is 0 Å². The van der Waals surface area contributed by atoms with E-state index in [9.17, 15) is 4.79 Å². The molecule has 0 radical (unpaired) electrons. The molecule has 3 nitrogen and oxygen atoms in total. The topological polar surface area (TPSA) is 40.5 Å². The molecule has 11 heavy (non-hydrogen) atoms. The molecule has 0 aliphatic carbocycles. The molecule has 0 amide bonds. The fourth-order valence-corrected chi connectivity index (χ4v) is 1.24. The number of nitrogens with zero attached hydrogens (tertiary/aromatic N) is 1. The predicted molar refractivity (Wildman–Crippen MR) is 41.1 cm³/mol. The molecule has 3 heteroatoms. The molecule has 1 saturated heterocycles. The first-order valence-corrected chi connectivity index (χ1v) is 3.65. The summed E-state index contributed by atoms with van der Waals surface area (Å²) in [5, 5.41) is 8.27. The summed E-state index contributed by atoms with van der Waals surface area (Å²) in [5.74, 6) is 3.81. The lowest BCUT2D eigenvalue weighted by Gasteiger charge is -2.11. The van der Waals surface area contributed by atoms with Crippen LogP contribution < -0.4 is 0 Å². The maximum Gasteiger partial charge on any atom is 0.381 e. The second kappa shape index (κ2) is 3.40. The largest absolute Gasteiger partial charge is 0.472 e. The second-order valence-corrected chi connectivity index (χ2v) is 2.71. The van der Waals surface area contributed by atoms with E-state index >= 15 is 0 Å². The summed E-state index contributed by atoms with van der Waals surface area (Å²) in [6, 6.07) is 0.158. The molecule has 0 spiro atoms. The van der Waals surface area contributed by atoms with Crippen molar-refractivity contribution in [3.05, 3.63) is 0 Å². The third-order valence-electron chi connectivity index (χ3n) is 1.87. The maximum absolute atomic E-state index is 10.1. The minimum absolute atomic E-state index is 0.158. The molecule has 1 heterocycles. The SMILES string of the molecule is CN1CCCC1C#CC(=O)O. The van der Waals surface area contributed by atoms with Crippen LogP contribution in [0.4, 0.5) is 0 Å². The maximum atomic E-state index is 10.1. The molecule has 0 saturated carbocycles. The smallest absolute Gasteiger partial charge is 0.381 e. The molecule has 0 aromatic carbocycles.